The van der Waals surface area contributed by atoms with Gasteiger partial charge in [0.25, 0.3) is 0 Å². The van der Waals surface area contributed by atoms with E-state index in [4.69, 9.17) is 5.11 Å². The van der Waals surface area contributed by atoms with Crippen LogP contribution in [-0.2, 0) is 11.2 Å². The summed E-state index contributed by atoms with van der Waals surface area (Å²) < 4.78 is 0. The number of aliphatic carboxylic acids is 1. The van der Waals surface area contributed by atoms with Crippen molar-refractivity contribution in [2.45, 2.75) is 43.9 Å². The number of carboxylic acid groups (broad SMARTS) is 1. The summed E-state index contributed by atoms with van der Waals surface area (Å²) in [6.45, 7) is 2.21. The van der Waals surface area contributed by atoms with Gasteiger partial charge in [-0.2, -0.15) is 0 Å². The van der Waals surface area contributed by atoms with Crippen LogP contribution in [0.2, 0.25) is 0 Å². The molecule has 0 atom stereocenters. The van der Waals surface area contributed by atoms with E-state index in [2.05, 4.69) is 13.0 Å². The second-order valence-electron chi connectivity index (χ2n) is 4.52. The van der Waals surface area contributed by atoms with Crippen molar-refractivity contribution in [3.8, 4) is 0 Å². The normalized spacial score (nSPS) is 11.1. The number of thioether (sulfide) groups is 1. The van der Waals surface area contributed by atoms with Crippen molar-refractivity contribution >= 4 is 23.8 Å². The highest BCUT2D eigenvalue weighted by Crippen LogP contribution is 2.27. The van der Waals surface area contributed by atoms with Crippen LogP contribution in [0, 0.1) is 0 Å². The van der Waals surface area contributed by atoms with Gasteiger partial charge in [0.2, 0.25) is 0 Å². The molecule has 0 amide bonds. The van der Waals surface area contributed by atoms with Crippen LogP contribution in [-0.4, -0.2) is 17.3 Å². The lowest BCUT2D eigenvalue weighted by molar-refractivity contribution is -0.131. The minimum atomic E-state index is -0.902. The zero-order chi connectivity index (χ0) is 14.1. The van der Waals surface area contributed by atoms with E-state index in [0.717, 1.165) is 12.0 Å². The fourth-order valence-corrected chi connectivity index (χ4v) is 2.89. The Morgan fingerprint density at radius 3 is 2.74 bits per heavy atom. The molecule has 0 spiro atoms. The summed E-state index contributed by atoms with van der Waals surface area (Å²) in [5.41, 5.74) is 2.33. The molecule has 1 N–H and O–H groups in total. The Labute approximate surface area is 119 Å². The molecule has 0 heterocycles. The molecule has 3 heteroatoms. The lowest BCUT2D eigenvalue weighted by Crippen LogP contribution is -1.93. The van der Waals surface area contributed by atoms with Gasteiger partial charge in [-0.1, -0.05) is 44.4 Å². The molecule has 0 aromatic heterocycles. The number of aryl methyl sites for hydroxylation is 1. The van der Waals surface area contributed by atoms with Gasteiger partial charge in [0.1, 0.15) is 0 Å². The van der Waals surface area contributed by atoms with Gasteiger partial charge in [0.15, 0.2) is 0 Å². The van der Waals surface area contributed by atoms with Gasteiger partial charge in [0.05, 0.1) is 0 Å². The molecule has 104 valence electrons. The molecule has 0 aliphatic carbocycles. The van der Waals surface area contributed by atoms with E-state index in [0.29, 0.717) is 0 Å². The van der Waals surface area contributed by atoms with Crippen molar-refractivity contribution in [1.82, 2.24) is 0 Å². The van der Waals surface area contributed by atoms with Crippen LogP contribution in [0.15, 0.2) is 29.2 Å². The largest absolute Gasteiger partial charge is 0.478 e. The Morgan fingerprint density at radius 2 is 2.11 bits per heavy atom. The highest BCUT2D eigenvalue weighted by Gasteiger charge is 2.05. The Bertz CT molecular complexity index is 438. The maximum Gasteiger partial charge on any atom is 0.328 e. The summed E-state index contributed by atoms with van der Waals surface area (Å²) in [6.07, 6.45) is 11.0. The Balaban J connectivity index is 2.80. The van der Waals surface area contributed by atoms with Gasteiger partial charge in [-0.3, -0.25) is 0 Å². The molecule has 0 fully saturated rings. The quantitative estimate of drug-likeness (QED) is 0.428. The van der Waals surface area contributed by atoms with E-state index < -0.39 is 5.97 Å². The van der Waals surface area contributed by atoms with Gasteiger partial charge in [0, 0.05) is 11.0 Å². The number of rotatable bonds is 8. The molecule has 1 aromatic rings. The van der Waals surface area contributed by atoms with Crippen molar-refractivity contribution in [3.05, 3.63) is 35.4 Å². The molecular weight excluding hydrogens is 256 g/mol. The van der Waals surface area contributed by atoms with Crippen LogP contribution in [0.4, 0.5) is 0 Å². The third-order valence-electron chi connectivity index (χ3n) is 3.04. The molecule has 1 aromatic carbocycles. The molecule has 1 rings (SSSR count). The zero-order valence-corrected chi connectivity index (χ0v) is 12.5. The van der Waals surface area contributed by atoms with Crippen LogP contribution < -0.4 is 0 Å². The number of carbonyl (C=O) groups is 1. The van der Waals surface area contributed by atoms with E-state index in [9.17, 15) is 4.79 Å². The lowest BCUT2D eigenvalue weighted by Gasteiger charge is -2.10. The molecule has 0 unspecified atom stereocenters. The molecule has 0 aliphatic heterocycles. The van der Waals surface area contributed by atoms with Crippen LogP contribution in [0.5, 0.6) is 0 Å². The Hall–Kier alpha value is -1.22. The summed E-state index contributed by atoms with van der Waals surface area (Å²) in [5.74, 6) is -0.902. The van der Waals surface area contributed by atoms with Crippen LogP contribution in [0.1, 0.15) is 43.7 Å². The smallest absolute Gasteiger partial charge is 0.328 e. The van der Waals surface area contributed by atoms with Crippen LogP contribution >= 0.6 is 11.8 Å². The van der Waals surface area contributed by atoms with Gasteiger partial charge in [-0.15, -0.1) is 11.8 Å². The SMILES string of the molecule is CCCCCCc1cccc(C=CC(=O)O)c1SC. The Kier molecular flexibility index (Phi) is 7.34. The van der Waals surface area contributed by atoms with Crippen molar-refractivity contribution in [3.63, 3.8) is 0 Å². The molecule has 0 bridgehead atoms. The van der Waals surface area contributed by atoms with Crippen molar-refractivity contribution in [2.24, 2.45) is 0 Å². The minimum absolute atomic E-state index is 0.902. The van der Waals surface area contributed by atoms with Crippen LogP contribution in [0.25, 0.3) is 6.08 Å². The first-order chi connectivity index (χ1) is 9.19. The number of hydrogen-bond donors (Lipinski definition) is 1. The molecule has 2 nitrogen and oxygen atoms in total. The second-order valence-corrected chi connectivity index (χ2v) is 5.34. The molecule has 0 saturated heterocycles. The van der Waals surface area contributed by atoms with Gasteiger partial charge >= 0.3 is 5.97 Å². The average molecular weight is 278 g/mol. The summed E-state index contributed by atoms with van der Waals surface area (Å²) in [7, 11) is 0. The standard InChI is InChI=1S/C16H22O2S/c1-3-4-5-6-8-13-9-7-10-14(16(13)19-2)11-12-15(17)18/h7,9-12H,3-6,8H2,1-2H3,(H,17,18). The van der Waals surface area contributed by atoms with Crippen molar-refractivity contribution in [1.29, 1.82) is 0 Å². The highest BCUT2D eigenvalue weighted by atomic mass is 32.2. The monoisotopic (exact) mass is 278 g/mol. The number of unbranched alkanes of at least 4 members (excludes halogenated alkanes) is 3. The topological polar surface area (TPSA) is 37.3 Å². The van der Waals surface area contributed by atoms with Gasteiger partial charge in [-0.25, -0.2) is 4.79 Å². The fraction of sp³-hybridized carbons (Fsp3) is 0.438. The summed E-state index contributed by atoms with van der Waals surface area (Å²) >= 11 is 1.69. The summed E-state index contributed by atoms with van der Waals surface area (Å²) in [5, 5.41) is 8.71. The molecule has 0 radical (unpaired) electrons. The molecule has 19 heavy (non-hydrogen) atoms. The number of hydrogen-bond acceptors (Lipinski definition) is 2. The van der Waals surface area contributed by atoms with Crippen molar-refractivity contribution in [2.75, 3.05) is 6.26 Å². The van der Waals surface area contributed by atoms with E-state index >= 15 is 0 Å². The van der Waals surface area contributed by atoms with Crippen LogP contribution in [0.3, 0.4) is 0 Å². The highest BCUT2D eigenvalue weighted by molar-refractivity contribution is 7.98. The zero-order valence-electron chi connectivity index (χ0n) is 11.7. The predicted molar refractivity (Wildman–Crippen MR) is 82.7 cm³/mol. The lowest BCUT2D eigenvalue weighted by atomic mass is 10.0. The molecule has 0 saturated carbocycles. The van der Waals surface area contributed by atoms with E-state index in [1.165, 1.54) is 42.2 Å². The first-order valence-corrected chi connectivity index (χ1v) is 7.98. The first kappa shape index (κ1) is 15.8. The van der Waals surface area contributed by atoms with E-state index in [-0.39, 0.29) is 0 Å². The maximum atomic E-state index is 10.6. The summed E-state index contributed by atoms with van der Waals surface area (Å²) in [4.78, 5) is 11.8. The minimum Gasteiger partial charge on any atom is -0.478 e. The van der Waals surface area contributed by atoms with E-state index in [1.54, 1.807) is 17.8 Å². The average Bonchev–Trinajstić information content (AvgIpc) is 2.41. The van der Waals surface area contributed by atoms with Gasteiger partial charge < -0.3 is 5.11 Å². The fourth-order valence-electron chi connectivity index (χ4n) is 2.09. The predicted octanol–water partition coefficient (Wildman–Crippen LogP) is 4.63. The number of benzene rings is 1. The van der Waals surface area contributed by atoms with E-state index in [1.807, 2.05) is 18.4 Å². The third kappa shape index (κ3) is 5.52. The first-order valence-electron chi connectivity index (χ1n) is 6.76. The maximum absolute atomic E-state index is 10.6. The third-order valence-corrected chi connectivity index (χ3v) is 3.94. The van der Waals surface area contributed by atoms with Crippen molar-refractivity contribution < 1.29 is 9.90 Å². The van der Waals surface area contributed by atoms with Gasteiger partial charge in [-0.05, 0) is 36.3 Å². The Morgan fingerprint density at radius 1 is 1.32 bits per heavy atom. The molecular formula is C16H22O2S. The summed E-state index contributed by atoms with van der Waals surface area (Å²) in [6, 6.07) is 6.13. The number of carboxylic acids is 1. The molecule has 0 aliphatic rings. The second kappa shape index (κ2) is 8.81.